The van der Waals surface area contributed by atoms with Crippen molar-refractivity contribution >= 4 is 28.1 Å². The van der Waals surface area contributed by atoms with E-state index in [-0.39, 0.29) is 18.2 Å². The molecule has 3 aliphatic rings. The Morgan fingerprint density at radius 2 is 2.00 bits per heavy atom. The molecule has 3 atom stereocenters. The zero-order valence-corrected chi connectivity index (χ0v) is 13.1. The van der Waals surface area contributed by atoms with Gasteiger partial charge in [0.25, 0.3) is 11.8 Å². The van der Waals surface area contributed by atoms with E-state index in [2.05, 4.69) is 4.74 Å². The minimum Gasteiger partial charge on any atom is -0.449 e. The summed E-state index contributed by atoms with van der Waals surface area (Å²) in [6.45, 7) is 1.58. The number of ether oxygens (including phenoxy) is 1. The minimum absolute atomic E-state index is 0.195. The Morgan fingerprint density at radius 3 is 2.52 bits per heavy atom. The van der Waals surface area contributed by atoms with Crippen LogP contribution in [0.2, 0.25) is 0 Å². The van der Waals surface area contributed by atoms with Crippen LogP contribution in [0.15, 0.2) is 11.6 Å². The molecule has 0 bridgehead atoms. The summed E-state index contributed by atoms with van der Waals surface area (Å²) in [7, 11) is -3.93. The Hall–Kier alpha value is -2.30. The third kappa shape index (κ3) is 2.31. The molecule has 0 radical (unpaired) electrons. The van der Waals surface area contributed by atoms with E-state index in [1.54, 1.807) is 0 Å². The topological polar surface area (TPSA) is 131 Å². The largest absolute Gasteiger partial charge is 0.512 e. The van der Waals surface area contributed by atoms with Crippen LogP contribution in [0.3, 0.4) is 0 Å². The van der Waals surface area contributed by atoms with Gasteiger partial charge in [-0.15, -0.1) is 0 Å². The molecule has 0 saturated carbocycles. The fraction of sp³-hybridized carbons (Fsp3) is 0.583. The Kier molecular flexibility index (Phi) is 3.29. The molecule has 10 nitrogen and oxygen atoms in total. The van der Waals surface area contributed by atoms with Gasteiger partial charge in [-0.1, -0.05) is 0 Å². The molecule has 0 aliphatic carbocycles. The van der Waals surface area contributed by atoms with Crippen molar-refractivity contribution in [1.29, 1.82) is 0 Å². The third-order valence-corrected chi connectivity index (χ3v) is 4.62. The van der Waals surface area contributed by atoms with E-state index < -0.39 is 46.1 Å². The van der Waals surface area contributed by atoms with E-state index in [4.69, 9.17) is 9.29 Å². The Bertz CT molecular complexity index is 742. The molecular weight excluding hydrogens is 332 g/mol. The standard InChI is InChI=1S/C12H14N2O8S/c1-5(15)13-4-3-6-7-8(13)10(16)14(7)11(21-12(17)18)9(6)22-23(2,19)20/h6-8H,3-4H2,1-2H3,(H,17,18)/t6?,7-,8+/m1/s1. The SMILES string of the molecule is CC(=O)N1CCC2C(OS(C)(=O)=O)=C(OC(=O)O)N3C(=O)[C@@H]1[C@@H]23. The summed E-state index contributed by atoms with van der Waals surface area (Å²) < 4.78 is 32.4. The zero-order chi connectivity index (χ0) is 17.1. The Morgan fingerprint density at radius 1 is 1.35 bits per heavy atom. The van der Waals surface area contributed by atoms with Gasteiger partial charge in [0.05, 0.1) is 12.3 Å². The van der Waals surface area contributed by atoms with Crippen molar-refractivity contribution in [2.24, 2.45) is 5.92 Å². The van der Waals surface area contributed by atoms with Gasteiger partial charge in [0.1, 0.15) is 6.04 Å². The molecular formula is C12H14N2O8S. The number of hydrogen-bond acceptors (Lipinski definition) is 7. The first-order chi connectivity index (χ1) is 10.6. The first kappa shape index (κ1) is 15.6. The van der Waals surface area contributed by atoms with Crippen molar-refractivity contribution in [3.63, 3.8) is 0 Å². The Labute approximate surface area is 131 Å². The molecule has 23 heavy (non-hydrogen) atoms. The quantitative estimate of drug-likeness (QED) is 0.403. The van der Waals surface area contributed by atoms with E-state index in [1.165, 1.54) is 11.8 Å². The highest BCUT2D eigenvalue weighted by Gasteiger charge is 2.65. The fourth-order valence-corrected chi connectivity index (χ4v) is 3.92. The molecule has 2 saturated heterocycles. The number of carbonyl (C=O) groups is 3. The fourth-order valence-electron chi connectivity index (χ4n) is 3.40. The average Bonchev–Trinajstić information content (AvgIpc) is 2.67. The number of hydrogen-bond donors (Lipinski definition) is 1. The highest BCUT2D eigenvalue weighted by Crippen LogP contribution is 2.49. The number of piperidine rings is 1. The summed E-state index contributed by atoms with van der Waals surface area (Å²) in [4.78, 5) is 37.2. The summed E-state index contributed by atoms with van der Waals surface area (Å²) in [5.74, 6) is -1.95. The van der Waals surface area contributed by atoms with Gasteiger partial charge in [-0.3, -0.25) is 14.5 Å². The highest BCUT2D eigenvalue weighted by atomic mass is 32.2. The predicted octanol–water partition coefficient (Wildman–Crippen LogP) is -0.712. The van der Waals surface area contributed by atoms with Crippen LogP contribution in [-0.2, 0) is 28.6 Å². The summed E-state index contributed by atoms with van der Waals surface area (Å²) in [5.41, 5.74) is 0. The van der Waals surface area contributed by atoms with Crippen LogP contribution in [0.25, 0.3) is 0 Å². The molecule has 3 heterocycles. The first-order valence-corrected chi connectivity index (χ1v) is 8.58. The van der Waals surface area contributed by atoms with Crippen molar-refractivity contribution < 1.29 is 36.8 Å². The van der Waals surface area contributed by atoms with E-state index in [0.29, 0.717) is 6.42 Å². The summed E-state index contributed by atoms with van der Waals surface area (Å²) >= 11 is 0. The molecule has 2 fully saturated rings. The van der Waals surface area contributed by atoms with Gasteiger partial charge >= 0.3 is 16.3 Å². The van der Waals surface area contributed by atoms with Crippen LogP contribution < -0.4 is 0 Å². The number of carboxylic acid groups (broad SMARTS) is 1. The average molecular weight is 346 g/mol. The number of amides is 2. The number of rotatable bonds is 3. The van der Waals surface area contributed by atoms with Crippen molar-refractivity contribution in [2.75, 3.05) is 12.8 Å². The second kappa shape index (κ2) is 4.85. The number of β-lactam (4-membered cyclic amide) rings is 1. The summed E-state index contributed by atoms with van der Waals surface area (Å²) in [5, 5.41) is 8.82. The van der Waals surface area contributed by atoms with Crippen LogP contribution >= 0.6 is 0 Å². The second-order valence-electron chi connectivity index (χ2n) is 5.58. The van der Waals surface area contributed by atoms with Crippen molar-refractivity contribution in [1.82, 2.24) is 9.80 Å². The molecule has 0 spiro atoms. The maximum absolute atomic E-state index is 12.3. The Balaban J connectivity index is 2.01. The van der Waals surface area contributed by atoms with Gasteiger partial charge in [-0.2, -0.15) is 8.42 Å². The molecule has 0 aromatic rings. The lowest BCUT2D eigenvalue weighted by Crippen LogP contribution is -2.73. The van der Waals surface area contributed by atoms with Crippen LogP contribution in [0, 0.1) is 5.92 Å². The third-order valence-electron chi connectivity index (χ3n) is 4.14. The van der Waals surface area contributed by atoms with Crippen LogP contribution in [0.4, 0.5) is 4.79 Å². The molecule has 126 valence electrons. The summed E-state index contributed by atoms with van der Waals surface area (Å²) in [6, 6.07) is -1.31. The normalized spacial score (nSPS) is 29.1. The maximum atomic E-state index is 12.3. The lowest BCUT2D eigenvalue weighted by Gasteiger charge is -2.52. The van der Waals surface area contributed by atoms with Gasteiger partial charge in [0, 0.05) is 19.4 Å². The van der Waals surface area contributed by atoms with E-state index >= 15 is 0 Å². The monoisotopic (exact) mass is 346 g/mol. The van der Waals surface area contributed by atoms with Crippen LogP contribution in [-0.4, -0.2) is 66.2 Å². The number of nitrogens with zero attached hydrogens (tertiary/aromatic N) is 2. The molecule has 3 rings (SSSR count). The molecule has 2 amide bonds. The molecule has 0 aromatic heterocycles. The van der Waals surface area contributed by atoms with Gasteiger partial charge in [0.2, 0.25) is 5.91 Å². The van der Waals surface area contributed by atoms with Gasteiger partial charge < -0.3 is 18.9 Å². The lowest BCUT2D eigenvalue weighted by atomic mass is 9.80. The van der Waals surface area contributed by atoms with Gasteiger partial charge in [-0.25, -0.2) is 4.79 Å². The van der Waals surface area contributed by atoms with Gasteiger partial charge in [-0.05, 0) is 6.42 Å². The smallest absolute Gasteiger partial charge is 0.449 e. The molecule has 0 aromatic carbocycles. The van der Waals surface area contributed by atoms with Crippen LogP contribution in [0.1, 0.15) is 13.3 Å². The second-order valence-corrected chi connectivity index (χ2v) is 7.15. The van der Waals surface area contributed by atoms with E-state index in [9.17, 15) is 22.8 Å². The minimum atomic E-state index is -3.93. The number of likely N-dealkylation sites (tertiary alicyclic amines) is 1. The van der Waals surface area contributed by atoms with Crippen molar-refractivity contribution in [3.05, 3.63) is 11.6 Å². The van der Waals surface area contributed by atoms with Crippen molar-refractivity contribution in [3.8, 4) is 0 Å². The van der Waals surface area contributed by atoms with Crippen LogP contribution in [0.5, 0.6) is 0 Å². The first-order valence-electron chi connectivity index (χ1n) is 6.76. The zero-order valence-electron chi connectivity index (χ0n) is 12.3. The molecule has 1 N–H and O–H groups in total. The predicted molar refractivity (Wildman–Crippen MR) is 72.0 cm³/mol. The number of carbonyl (C=O) groups excluding carboxylic acids is 2. The molecule has 3 aliphatic heterocycles. The summed E-state index contributed by atoms with van der Waals surface area (Å²) in [6.07, 6.45) is -0.535. The van der Waals surface area contributed by atoms with E-state index in [1.807, 2.05) is 0 Å². The molecule has 1 unspecified atom stereocenters. The maximum Gasteiger partial charge on any atom is 0.512 e. The van der Waals surface area contributed by atoms with Gasteiger partial charge in [0.15, 0.2) is 5.76 Å². The molecule has 11 heteroatoms. The van der Waals surface area contributed by atoms with Crippen molar-refractivity contribution in [2.45, 2.75) is 25.4 Å². The lowest BCUT2D eigenvalue weighted by molar-refractivity contribution is -0.169. The highest BCUT2D eigenvalue weighted by molar-refractivity contribution is 7.86. The van der Waals surface area contributed by atoms with E-state index in [0.717, 1.165) is 11.2 Å².